The first kappa shape index (κ1) is 39.1. The van der Waals surface area contributed by atoms with Crippen LogP contribution in [0.2, 0.25) is 0 Å². The van der Waals surface area contributed by atoms with Crippen LogP contribution in [0.25, 0.3) is 0 Å². The molecule has 1 saturated heterocycles. The molecule has 1 N–H and O–H groups in total. The van der Waals surface area contributed by atoms with Crippen molar-refractivity contribution < 1.29 is 39.6 Å². The molecule has 4 amide bonds. The van der Waals surface area contributed by atoms with E-state index in [1.165, 1.54) is 4.90 Å². The number of hydrogen-bond acceptors (Lipinski definition) is 8. The fourth-order valence-corrected chi connectivity index (χ4v) is 6.90. The minimum Gasteiger partial charge on any atom is -0.476 e. The molecule has 1 saturated carbocycles. The molecule has 2 heterocycles. The van der Waals surface area contributed by atoms with Gasteiger partial charge in [0.25, 0.3) is 5.91 Å². The Kier molecular flexibility index (Phi) is 11.6. The Bertz CT molecular complexity index is 1620. The summed E-state index contributed by atoms with van der Waals surface area (Å²) in [6.45, 7) is 16.0. The van der Waals surface area contributed by atoms with E-state index in [-0.39, 0.29) is 44.7 Å². The second-order valence-corrected chi connectivity index (χ2v) is 16.0. The molecule has 12 nitrogen and oxygen atoms in total. The summed E-state index contributed by atoms with van der Waals surface area (Å²) in [5, 5.41) is 3.20. The lowest BCUT2D eigenvalue weighted by Crippen LogP contribution is -2.55. The molecule has 2 aromatic rings. The van der Waals surface area contributed by atoms with E-state index in [1.54, 1.807) is 57.6 Å². The summed E-state index contributed by atoms with van der Waals surface area (Å²) >= 11 is 0. The molecule has 3 aliphatic rings. The van der Waals surface area contributed by atoms with Crippen molar-refractivity contribution in [3.05, 3.63) is 54.1 Å². The van der Waals surface area contributed by atoms with Gasteiger partial charge in [-0.15, -0.1) is 0 Å². The van der Waals surface area contributed by atoms with E-state index in [1.807, 2.05) is 63.2 Å². The molecule has 0 unspecified atom stereocenters. The molecule has 2 aromatic carbocycles. The third-order valence-corrected chi connectivity index (χ3v) is 9.91. The van der Waals surface area contributed by atoms with Gasteiger partial charge in [0.1, 0.15) is 11.4 Å². The number of rotatable bonds is 12. The van der Waals surface area contributed by atoms with Gasteiger partial charge in [0.05, 0.1) is 35.8 Å². The molecule has 0 aromatic heterocycles. The normalized spacial score (nSPS) is 20.8. The molecule has 1 aliphatic carbocycles. The maximum absolute atomic E-state index is 14.7. The zero-order valence-corrected chi connectivity index (χ0v) is 32.2. The van der Waals surface area contributed by atoms with Crippen molar-refractivity contribution in [1.29, 1.82) is 0 Å². The molecule has 286 valence electrons. The molecule has 0 radical (unpaired) electrons. The Labute approximate surface area is 309 Å². The molecule has 5 rings (SSSR count). The molecular weight excluding hydrogens is 664 g/mol. The summed E-state index contributed by atoms with van der Waals surface area (Å²) < 4.78 is 23.3. The highest BCUT2D eigenvalue weighted by Gasteiger charge is 2.46. The molecular formula is C40H58N4O8. The van der Waals surface area contributed by atoms with Gasteiger partial charge in [-0.05, 0) is 98.4 Å². The van der Waals surface area contributed by atoms with Crippen LogP contribution in [0.4, 0.5) is 16.2 Å². The quantitative estimate of drug-likeness (QED) is 0.260. The zero-order valence-electron chi connectivity index (χ0n) is 32.2. The number of anilines is 2. The van der Waals surface area contributed by atoms with E-state index in [9.17, 15) is 19.2 Å². The topological polar surface area (TPSA) is 127 Å². The molecule has 2 aliphatic heterocycles. The number of likely N-dealkylation sites (tertiary alicyclic amines) is 1. The van der Waals surface area contributed by atoms with Crippen LogP contribution < -0.4 is 19.9 Å². The number of hydrogen-bond donors (Lipinski definition) is 1. The predicted molar refractivity (Wildman–Crippen MR) is 200 cm³/mol. The maximum atomic E-state index is 14.7. The third kappa shape index (κ3) is 8.89. The lowest BCUT2D eigenvalue weighted by atomic mass is 9.86. The highest BCUT2D eigenvalue weighted by Crippen LogP contribution is 2.43. The highest BCUT2D eigenvalue weighted by atomic mass is 16.6. The van der Waals surface area contributed by atoms with Crippen molar-refractivity contribution in [3.63, 3.8) is 0 Å². The van der Waals surface area contributed by atoms with Gasteiger partial charge in [-0.3, -0.25) is 14.4 Å². The first-order chi connectivity index (χ1) is 24.5. The lowest BCUT2D eigenvalue weighted by molar-refractivity contribution is -0.133. The van der Waals surface area contributed by atoms with Crippen LogP contribution in [0, 0.1) is 11.8 Å². The fraction of sp³-hybridized carbons (Fsp3) is 0.600. The minimum absolute atomic E-state index is 0. The summed E-state index contributed by atoms with van der Waals surface area (Å²) in [5.74, 6) is -1.49. The van der Waals surface area contributed by atoms with E-state index < -0.39 is 40.8 Å². The number of methoxy groups -OCH3 is 1. The third-order valence-electron chi connectivity index (χ3n) is 9.91. The van der Waals surface area contributed by atoms with Crippen LogP contribution in [-0.4, -0.2) is 91.5 Å². The first-order valence-corrected chi connectivity index (χ1v) is 18.4. The molecule has 0 bridgehead atoms. The first-order valence-electron chi connectivity index (χ1n) is 18.4. The number of carbonyl (C=O) groups excluding carboxylic acids is 4. The number of nitrogens with zero attached hydrogens (tertiary/aromatic N) is 3. The van der Waals surface area contributed by atoms with E-state index in [2.05, 4.69) is 5.32 Å². The molecule has 12 heteroatoms. The zero-order chi connectivity index (χ0) is 38.0. The SMILES string of the molecule is CCOCCN1C(=O)C(C)(C)Oc2ccc(N(C(=O)[C@@H]3C[C@H](C(=O)N[C@@H](c4ccccc4)C(C)(C)OC)CN(C(=O)OC(C)(C)C)C3)C3CC3)cc21.[HH]. The number of benzene rings is 2. The number of carbonyl (C=O) groups is 4. The number of amides is 4. The van der Waals surface area contributed by atoms with Gasteiger partial charge in [-0.25, -0.2) is 4.79 Å². The molecule has 0 spiro atoms. The van der Waals surface area contributed by atoms with Crippen LogP contribution in [-0.2, 0) is 28.6 Å². The molecule has 2 fully saturated rings. The summed E-state index contributed by atoms with van der Waals surface area (Å²) in [6.07, 6.45) is 1.30. The van der Waals surface area contributed by atoms with Gasteiger partial charge in [0, 0.05) is 46.5 Å². The molecule has 3 atom stereocenters. The van der Waals surface area contributed by atoms with Gasteiger partial charge in [0.15, 0.2) is 5.60 Å². The standard InChI is InChI=1S/C40H56N4O8.H2/c1-10-50-21-20-43-31-23-30(18-19-32(31)51-40(7,8)36(43)47)44(29-16-17-29)35(46)28-22-27(24-42(25-28)37(48)52-38(2,3)4)34(45)41-33(39(5,6)49-9)26-14-12-11-13-15-26;/h11-15,18-19,23,27-29,33H,10,16-17,20-22,24-25H2,1-9H3,(H,41,45);1H/t27-,28+,33-;/m0./s1. The van der Waals surface area contributed by atoms with Crippen molar-refractivity contribution in [2.24, 2.45) is 11.8 Å². The van der Waals surface area contributed by atoms with Crippen LogP contribution >= 0.6 is 0 Å². The largest absolute Gasteiger partial charge is 0.476 e. The van der Waals surface area contributed by atoms with Gasteiger partial charge in [-0.2, -0.15) is 0 Å². The second-order valence-electron chi connectivity index (χ2n) is 16.0. The van der Waals surface area contributed by atoms with Crippen LogP contribution in [0.5, 0.6) is 5.75 Å². The van der Waals surface area contributed by atoms with Crippen LogP contribution in [0.3, 0.4) is 0 Å². The number of piperidine rings is 1. The summed E-state index contributed by atoms with van der Waals surface area (Å²) in [7, 11) is 1.61. The van der Waals surface area contributed by atoms with Crippen molar-refractivity contribution in [2.45, 2.75) is 104 Å². The van der Waals surface area contributed by atoms with Crippen LogP contribution in [0.15, 0.2) is 48.5 Å². The van der Waals surface area contributed by atoms with E-state index in [0.29, 0.717) is 36.9 Å². The Morgan fingerprint density at radius 3 is 2.33 bits per heavy atom. The monoisotopic (exact) mass is 722 g/mol. The van der Waals surface area contributed by atoms with Crippen molar-refractivity contribution in [2.75, 3.05) is 49.8 Å². The van der Waals surface area contributed by atoms with Crippen molar-refractivity contribution >= 4 is 35.2 Å². The van der Waals surface area contributed by atoms with Gasteiger partial charge < -0.3 is 39.0 Å². The van der Waals surface area contributed by atoms with Gasteiger partial charge in [0.2, 0.25) is 11.8 Å². The van der Waals surface area contributed by atoms with Crippen molar-refractivity contribution in [1.82, 2.24) is 10.2 Å². The summed E-state index contributed by atoms with van der Waals surface area (Å²) in [5.41, 5.74) is -0.499. The van der Waals surface area contributed by atoms with E-state index in [4.69, 9.17) is 18.9 Å². The highest BCUT2D eigenvalue weighted by molar-refractivity contribution is 6.04. The summed E-state index contributed by atoms with van der Waals surface area (Å²) in [6, 6.07) is 14.6. The van der Waals surface area contributed by atoms with E-state index >= 15 is 0 Å². The maximum Gasteiger partial charge on any atom is 0.410 e. The molecule has 52 heavy (non-hydrogen) atoms. The Morgan fingerprint density at radius 1 is 1.04 bits per heavy atom. The van der Waals surface area contributed by atoms with Gasteiger partial charge in [-0.1, -0.05) is 30.3 Å². The summed E-state index contributed by atoms with van der Waals surface area (Å²) in [4.78, 5) is 61.0. The average Bonchev–Trinajstić information content (AvgIpc) is 3.93. The fourth-order valence-electron chi connectivity index (χ4n) is 6.90. The van der Waals surface area contributed by atoms with Crippen molar-refractivity contribution in [3.8, 4) is 5.75 Å². The lowest BCUT2D eigenvalue weighted by Gasteiger charge is -2.41. The Morgan fingerprint density at radius 2 is 1.71 bits per heavy atom. The van der Waals surface area contributed by atoms with E-state index in [0.717, 1.165) is 18.4 Å². The average molecular weight is 723 g/mol. The smallest absolute Gasteiger partial charge is 0.410 e. The number of ether oxygens (including phenoxy) is 4. The Hall–Kier alpha value is -4.16. The predicted octanol–water partition coefficient (Wildman–Crippen LogP) is 6.12. The minimum atomic E-state index is -1.06. The Balaban J connectivity index is 0.00000627. The number of fused-ring (bicyclic) bond motifs is 1. The van der Waals surface area contributed by atoms with Gasteiger partial charge >= 0.3 is 6.09 Å². The second kappa shape index (κ2) is 15.4. The van der Waals surface area contributed by atoms with Crippen LogP contribution in [0.1, 0.15) is 87.7 Å². The number of nitrogens with one attached hydrogen (secondary N) is 1.